The van der Waals surface area contributed by atoms with Crippen LogP contribution < -0.4 is 15.2 Å². The lowest BCUT2D eigenvalue weighted by atomic mass is 10.2. The summed E-state index contributed by atoms with van der Waals surface area (Å²) in [6.45, 7) is 2.32. The minimum absolute atomic E-state index is 0.329. The van der Waals surface area contributed by atoms with E-state index in [1.807, 2.05) is 25.1 Å². The molecule has 0 spiro atoms. The molecule has 0 aliphatic rings. The average Bonchev–Trinajstić information content (AvgIpc) is 2.41. The summed E-state index contributed by atoms with van der Waals surface area (Å²) in [5, 5.41) is 0. The van der Waals surface area contributed by atoms with Gasteiger partial charge in [-0.15, -0.1) is 0 Å². The maximum absolute atomic E-state index is 5.64. The third kappa shape index (κ3) is 2.75. The molecule has 5 nitrogen and oxygen atoms in total. The van der Waals surface area contributed by atoms with Crippen LogP contribution in [0.3, 0.4) is 0 Å². The fraction of sp³-hybridized carbons (Fsp3) is 0.231. The Bertz CT molecular complexity index is 544. The van der Waals surface area contributed by atoms with Crippen molar-refractivity contribution in [2.75, 3.05) is 7.11 Å². The number of nitrogens with zero attached hydrogens (tertiary/aromatic N) is 2. The van der Waals surface area contributed by atoms with E-state index in [2.05, 4.69) is 9.97 Å². The van der Waals surface area contributed by atoms with Crippen molar-refractivity contribution in [2.45, 2.75) is 13.5 Å². The van der Waals surface area contributed by atoms with Gasteiger partial charge in [-0.1, -0.05) is 6.07 Å². The molecule has 0 amide bonds. The number of aryl methyl sites for hydroxylation is 1. The van der Waals surface area contributed by atoms with Gasteiger partial charge in [0.1, 0.15) is 0 Å². The summed E-state index contributed by atoms with van der Waals surface area (Å²) in [5.74, 6) is 1.67. The van der Waals surface area contributed by atoms with E-state index >= 15 is 0 Å². The van der Waals surface area contributed by atoms with E-state index in [9.17, 15) is 0 Å². The number of ether oxygens (including phenoxy) is 2. The topological polar surface area (TPSA) is 70.3 Å². The fourth-order valence-electron chi connectivity index (χ4n) is 1.51. The minimum atomic E-state index is 0.329. The van der Waals surface area contributed by atoms with Crippen LogP contribution in [0.5, 0.6) is 17.4 Å². The molecule has 1 heterocycles. The van der Waals surface area contributed by atoms with E-state index < -0.39 is 0 Å². The molecule has 0 atom stereocenters. The molecule has 1 aromatic heterocycles. The third-order valence-corrected chi connectivity index (χ3v) is 2.41. The lowest BCUT2D eigenvalue weighted by Gasteiger charge is -2.10. The van der Waals surface area contributed by atoms with Gasteiger partial charge in [0.25, 0.3) is 0 Å². The lowest BCUT2D eigenvalue weighted by Crippen LogP contribution is -2.01. The Morgan fingerprint density at radius 2 is 2.06 bits per heavy atom. The van der Waals surface area contributed by atoms with Crippen molar-refractivity contribution in [1.82, 2.24) is 9.97 Å². The normalized spacial score (nSPS) is 10.2. The highest BCUT2D eigenvalue weighted by Gasteiger charge is 2.07. The minimum Gasteiger partial charge on any atom is -0.493 e. The zero-order valence-corrected chi connectivity index (χ0v) is 10.4. The fourth-order valence-corrected chi connectivity index (χ4v) is 1.51. The molecule has 0 aliphatic heterocycles. The van der Waals surface area contributed by atoms with Gasteiger partial charge < -0.3 is 15.2 Å². The number of hydrogen-bond donors (Lipinski definition) is 1. The molecule has 0 saturated carbocycles. The highest BCUT2D eigenvalue weighted by atomic mass is 16.5. The van der Waals surface area contributed by atoms with Crippen LogP contribution in [0.2, 0.25) is 0 Å². The molecular formula is C13H15N3O2. The number of aromatic nitrogens is 2. The van der Waals surface area contributed by atoms with E-state index in [4.69, 9.17) is 15.2 Å². The molecule has 0 bridgehead atoms. The van der Waals surface area contributed by atoms with Crippen LogP contribution in [0.1, 0.15) is 11.3 Å². The van der Waals surface area contributed by atoms with E-state index in [-0.39, 0.29) is 0 Å². The van der Waals surface area contributed by atoms with Gasteiger partial charge in [0.2, 0.25) is 5.88 Å². The first-order chi connectivity index (χ1) is 8.72. The molecule has 0 saturated heterocycles. The predicted molar refractivity (Wildman–Crippen MR) is 67.7 cm³/mol. The van der Waals surface area contributed by atoms with Crippen LogP contribution in [0, 0.1) is 6.92 Å². The van der Waals surface area contributed by atoms with Crippen molar-refractivity contribution in [1.29, 1.82) is 0 Å². The number of methoxy groups -OCH3 is 1. The number of benzene rings is 1. The summed E-state index contributed by atoms with van der Waals surface area (Å²) in [7, 11) is 1.60. The quantitative estimate of drug-likeness (QED) is 0.892. The van der Waals surface area contributed by atoms with Gasteiger partial charge in [-0.05, 0) is 24.6 Å². The second-order valence-corrected chi connectivity index (χ2v) is 3.81. The largest absolute Gasteiger partial charge is 0.493 e. The molecule has 1 aromatic carbocycles. The summed E-state index contributed by atoms with van der Waals surface area (Å²) in [5.41, 5.74) is 7.28. The van der Waals surface area contributed by atoms with Gasteiger partial charge >= 0.3 is 0 Å². The van der Waals surface area contributed by atoms with Crippen molar-refractivity contribution >= 4 is 0 Å². The van der Waals surface area contributed by atoms with Gasteiger partial charge in [-0.2, -0.15) is 0 Å². The molecule has 0 radical (unpaired) electrons. The SMILES string of the molecule is COc1cc(C)ccc1Oc1cncc(CN)n1. The molecule has 0 unspecified atom stereocenters. The monoisotopic (exact) mass is 245 g/mol. The lowest BCUT2D eigenvalue weighted by molar-refractivity contribution is 0.372. The van der Waals surface area contributed by atoms with Gasteiger partial charge in [0.05, 0.1) is 19.0 Å². The molecule has 5 heteroatoms. The molecule has 94 valence electrons. The predicted octanol–water partition coefficient (Wildman–Crippen LogP) is 2.04. The molecule has 2 N–H and O–H groups in total. The van der Waals surface area contributed by atoms with E-state index in [1.54, 1.807) is 19.5 Å². The zero-order valence-electron chi connectivity index (χ0n) is 10.4. The highest BCUT2D eigenvalue weighted by Crippen LogP contribution is 2.31. The first-order valence-corrected chi connectivity index (χ1v) is 5.56. The second-order valence-electron chi connectivity index (χ2n) is 3.81. The van der Waals surface area contributed by atoms with Crippen LogP contribution in [-0.2, 0) is 6.54 Å². The second kappa shape index (κ2) is 5.46. The van der Waals surface area contributed by atoms with Crippen molar-refractivity contribution in [3.8, 4) is 17.4 Å². The molecule has 0 fully saturated rings. The van der Waals surface area contributed by atoms with Crippen molar-refractivity contribution < 1.29 is 9.47 Å². The Labute approximate surface area is 106 Å². The highest BCUT2D eigenvalue weighted by molar-refractivity contribution is 5.44. The average molecular weight is 245 g/mol. The Morgan fingerprint density at radius 1 is 1.22 bits per heavy atom. The van der Waals surface area contributed by atoms with Gasteiger partial charge in [-0.3, -0.25) is 4.98 Å². The van der Waals surface area contributed by atoms with Crippen molar-refractivity contribution in [3.63, 3.8) is 0 Å². The van der Waals surface area contributed by atoms with E-state index in [0.29, 0.717) is 29.6 Å². The van der Waals surface area contributed by atoms with E-state index in [0.717, 1.165) is 5.56 Å². The molecule has 2 rings (SSSR count). The van der Waals surface area contributed by atoms with Crippen LogP contribution >= 0.6 is 0 Å². The number of rotatable bonds is 4. The zero-order chi connectivity index (χ0) is 13.0. The molecule has 0 aliphatic carbocycles. The summed E-state index contributed by atoms with van der Waals surface area (Å²) < 4.78 is 10.9. The van der Waals surface area contributed by atoms with Gasteiger partial charge in [-0.25, -0.2) is 4.98 Å². The van der Waals surface area contributed by atoms with Crippen molar-refractivity contribution in [2.24, 2.45) is 5.73 Å². The summed E-state index contributed by atoms with van der Waals surface area (Å²) in [6.07, 6.45) is 3.15. The Kier molecular flexibility index (Phi) is 3.74. The van der Waals surface area contributed by atoms with Crippen LogP contribution in [0.15, 0.2) is 30.6 Å². The maximum Gasteiger partial charge on any atom is 0.238 e. The summed E-state index contributed by atoms with van der Waals surface area (Å²) >= 11 is 0. The van der Waals surface area contributed by atoms with Crippen LogP contribution in [0.4, 0.5) is 0 Å². The van der Waals surface area contributed by atoms with E-state index in [1.165, 1.54) is 0 Å². The number of hydrogen-bond acceptors (Lipinski definition) is 5. The standard InChI is InChI=1S/C13H15N3O2/c1-9-3-4-11(12(5-9)17-2)18-13-8-15-7-10(6-14)16-13/h3-5,7-8H,6,14H2,1-2H3. The van der Waals surface area contributed by atoms with Gasteiger partial charge in [0, 0.05) is 12.7 Å². The Morgan fingerprint density at radius 3 is 2.78 bits per heavy atom. The Hall–Kier alpha value is -2.14. The van der Waals surface area contributed by atoms with Crippen LogP contribution in [-0.4, -0.2) is 17.1 Å². The van der Waals surface area contributed by atoms with Gasteiger partial charge in [0.15, 0.2) is 11.5 Å². The van der Waals surface area contributed by atoms with Crippen molar-refractivity contribution in [3.05, 3.63) is 41.9 Å². The third-order valence-electron chi connectivity index (χ3n) is 2.41. The summed E-state index contributed by atoms with van der Waals surface area (Å²) in [6, 6.07) is 5.68. The molecule has 18 heavy (non-hydrogen) atoms. The summed E-state index contributed by atoms with van der Waals surface area (Å²) in [4.78, 5) is 8.24. The molecule has 2 aromatic rings. The first-order valence-electron chi connectivity index (χ1n) is 5.56. The smallest absolute Gasteiger partial charge is 0.238 e. The Balaban J connectivity index is 2.27. The first kappa shape index (κ1) is 12.3. The molecular weight excluding hydrogens is 230 g/mol. The maximum atomic E-state index is 5.64. The van der Waals surface area contributed by atoms with Crippen LogP contribution in [0.25, 0.3) is 0 Å². The number of nitrogens with two attached hydrogens (primary N) is 1.